The first-order valence-electron chi connectivity index (χ1n) is 9.70. The van der Waals surface area contributed by atoms with Crippen molar-refractivity contribution in [1.82, 2.24) is 10.2 Å². The second-order valence-electron chi connectivity index (χ2n) is 7.41. The van der Waals surface area contributed by atoms with Crippen LogP contribution in [0.4, 0.5) is 18.9 Å². The smallest absolute Gasteiger partial charge is 0.416 e. The summed E-state index contributed by atoms with van der Waals surface area (Å²) in [5.41, 5.74) is -0.368. The minimum absolute atomic E-state index is 0.0189. The topological polar surface area (TPSA) is 70.7 Å². The Kier molecular flexibility index (Phi) is 8.44. The average Bonchev–Trinajstić information content (AvgIpc) is 2.70. The predicted octanol–water partition coefficient (Wildman–Crippen LogP) is 3.79. The van der Waals surface area contributed by atoms with Crippen molar-refractivity contribution >= 4 is 17.5 Å². The summed E-state index contributed by atoms with van der Waals surface area (Å²) in [6.07, 6.45) is -3.67. The molecule has 0 heterocycles. The van der Waals surface area contributed by atoms with Gasteiger partial charge >= 0.3 is 6.18 Å². The van der Waals surface area contributed by atoms with Gasteiger partial charge in [0.25, 0.3) is 11.8 Å². The minimum Gasteiger partial charge on any atom is -0.484 e. The van der Waals surface area contributed by atoms with Crippen LogP contribution in [0.25, 0.3) is 0 Å². The zero-order valence-electron chi connectivity index (χ0n) is 17.6. The van der Waals surface area contributed by atoms with E-state index in [-0.39, 0.29) is 24.2 Å². The molecule has 0 aromatic heterocycles. The van der Waals surface area contributed by atoms with Crippen molar-refractivity contribution in [2.45, 2.75) is 25.6 Å². The van der Waals surface area contributed by atoms with Crippen molar-refractivity contribution in [3.05, 3.63) is 59.7 Å². The molecular formula is C22H26F3N3O3. The Morgan fingerprint density at radius 1 is 1.10 bits per heavy atom. The van der Waals surface area contributed by atoms with E-state index in [9.17, 15) is 22.8 Å². The first-order valence-corrected chi connectivity index (χ1v) is 9.70. The number of carbonyl (C=O) groups excluding carboxylic acids is 2. The van der Waals surface area contributed by atoms with Crippen molar-refractivity contribution in [3.63, 3.8) is 0 Å². The summed E-state index contributed by atoms with van der Waals surface area (Å²) in [5.74, 6) is -0.452. The van der Waals surface area contributed by atoms with E-state index < -0.39 is 17.6 Å². The maximum Gasteiger partial charge on any atom is 0.416 e. The summed E-state index contributed by atoms with van der Waals surface area (Å²) >= 11 is 0. The van der Waals surface area contributed by atoms with Crippen molar-refractivity contribution in [1.29, 1.82) is 0 Å². The number of rotatable bonds is 9. The number of anilines is 1. The van der Waals surface area contributed by atoms with Gasteiger partial charge in [0.1, 0.15) is 5.75 Å². The highest BCUT2D eigenvalue weighted by atomic mass is 19.4. The standard InChI is InChI=1S/C22H26F3N3O3/c1-15(11-12-28(2)3)26-21(30)16-7-9-19(10-8-16)31-14-20(29)27-18-6-4-5-17(13-18)22(23,24)25/h4-10,13,15H,11-12,14H2,1-3H3,(H,26,30)(H,27,29). The number of halogens is 3. The van der Waals surface area contributed by atoms with Gasteiger partial charge in [-0.2, -0.15) is 13.2 Å². The number of nitrogens with one attached hydrogen (secondary N) is 2. The number of ether oxygens (including phenoxy) is 1. The molecule has 31 heavy (non-hydrogen) atoms. The van der Waals surface area contributed by atoms with E-state index in [0.717, 1.165) is 25.1 Å². The number of hydrogen-bond acceptors (Lipinski definition) is 4. The van der Waals surface area contributed by atoms with E-state index >= 15 is 0 Å². The fraction of sp³-hybridized carbons (Fsp3) is 0.364. The van der Waals surface area contributed by atoms with Crippen LogP contribution in [0.15, 0.2) is 48.5 Å². The van der Waals surface area contributed by atoms with Crippen LogP contribution < -0.4 is 15.4 Å². The highest BCUT2D eigenvalue weighted by Crippen LogP contribution is 2.30. The van der Waals surface area contributed by atoms with Crippen LogP contribution in [0.5, 0.6) is 5.75 Å². The van der Waals surface area contributed by atoms with Crippen molar-refractivity contribution < 1.29 is 27.5 Å². The van der Waals surface area contributed by atoms with Gasteiger partial charge < -0.3 is 20.3 Å². The fourth-order valence-electron chi connectivity index (χ4n) is 2.65. The lowest BCUT2D eigenvalue weighted by Gasteiger charge is -2.16. The molecule has 2 aromatic rings. The molecular weight excluding hydrogens is 411 g/mol. The van der Waals surface area contributed by atoms with Gasteiger partial charge in [-0.15, -0.1) is 0 Å². The minimum atomic E-state index is -4.49. The summed E-state index contributed by atoms with van der Waals surface area (Å²) in [6.45, 7) is 2.40. The van der Waals surface area contributed by atoms with Crippen LogP contribution in [-0.4, -0.2) is 50.0 Å². The predicted molar refractivity (Wildman–Crippen MR) is 112 cm³/mol. The average molecular weight is 437 g/mol. The van der Waals surface area contributed by atoms with Crippen LogP contribution in [0.3, 0.4) is 0 Å². The van der Waals surface area contributed by atoms with E-state index in [1.807, 2.05) is 25.9 Å². The summed E-state index contributed by atoms with van der Waals surface area (Å²) < 4.78 is 43.6. The monoisotopic (exact) mass is 437 g/mol. The van der Waals surface area contributed by atoms with Crippen LogP contribution in [0.2, 0.25) is 0 Å². The molecule has 1 unspecified atom stereocenters. The molecule has 0 spiro atoms. The molecule has 0 saturated carbocycles. The van der Waals surface area contributed by atoms with Gasteiger partial charge in [0, 0.05) is 17.3 Å². The molecule has 1 atom stereocenters. The third-order valence-corrected chi connectivity index (χ3v) is 4.35. The molecule has 0 radical (unpaired) electrons. The van der Waals surface area contributed by atoms with E-state index in [2.05, 4.69) is 10.6 Å². The van der Waals surface area contributed by atoms with Crippen LogP contribution in [-0.2, 0) is 11.0 Å². The number of hydrogen-bond donors (Lipinski definition) is 2. The lowest BCUT2D eigenvalue weighted by Crippen LogP contribution is -2.34. The molecule has 2 aromatic carbocycles. The van der Waals surface area contributed by atoms with E-state index in [4.69, 9.17) is 4.74 Å². The second kappa shape index (κ2) is 10.8. The molecule has 0 aliphatic heterocycles. The Bertz CT molecular complexity index is 884. The number of benzene rings is 2. The largest absolute Gasteiger partial charge is 0.484 e. The van der Waals surface area contributed by atoms with Gasteiger partial charge in [-0.1, -0.05) is 6.07 Å². The normalized spacial score (nSPS) is 12.4. The van der Waals surface area contributed by atoms with E-state index in [0.29, 0.717) is 11.3 Å². The maximum atomic E-state index is 12.7. The number of amides is 2. The van der Waals surface area contributed by atoms with Gasteiger partial charge in [0.05, 0.1) is 5.56 Å². The van der Waals surface area contributed by atoms with Gasteiger partial charge in [0.2, 0.25) is 0 Å². The molecule has 0 aliphatic rings. The zero-order chi connectivity index (χ0) is 23.0. The zero-order valence-corrected chi connectivity index (χ0v) is 17.6. The quantitative estimate of drug-likeness (QED) is 0.626. The van der Waals surface area contributed by atoms with Crippen molar-refractivity contribution in [2.24, 2.45) is 0 Å². The molecule has 0 aliphatic carbocycles. The summed E-state index contributed by atoms with van der Waals surface area (Å²) in [6, 6.07) is 10.6. The van der Waals surface area contributed by atoms with E-state index in [1.54, 1.807) is 24.3 Å². The van der Waals surface area contributed by atoms with Gasteiger partial charge in [0.15, 0.2) is 6.61 Å². The Balaban J connectivity index is 1.84. The van der Waals surface area contributed by atoms with Crippen molar-refractivity contribution in [2.75, 3.05) is 32.6 Å². The molecule has 2 rings (SSSR count). The highest BCUT2D eigenvalue weighted by Gasteiger charge is 2.30. The number of carbonyl (C=O) groups is 2. The summed E-state index contributed by atoms with van der Waals surface area (Å²) in [4.78, 5) is 26.3. The third-order valence-electron chi connectivity index (χ3n) is 4.35. The second-order valence-corrected chi connectivity index (χ2v) is 7.41. The number of alkyl halides is 3. The molecule has 2 amide bonds. The third kappa shape index (κ3) is 8.29. The molecule has 2 N–H and O–H groups in total. The van der Waals surface area contributed by atoms with Gasteiger partial charge in [-0.3, -0.25) is 9.59 Å². The van der Waals surface area contributed by atoms with Crippen LogP contribution in [0.1, 0.15) is 29.3 Å². The lowest BCUT2D eigenvalue weighted by atomic mass is 10.1. The number of nitrogens with zero attached hydrogens (tertiary/aromatic N) is 1. The Morgan fingerprint density at radius 3 is 2.39 bits per heavy atom. The fourth-order valence-corrected chi connectivity index (χ4v) is 2.65. The first kappa shape index (κ1) is 24.2. The lowest BCUT2D eigenvalue weighted by molar-refractivity contribution is -0.137. The van der Waals surface area contributed by atoms with Crippen LogP contribution >= 0.6 is 0 Å². The SMILES string of the molecule is CC(CCN(C)C)NC(=O)c1ccc(OCC(=O)Nc2cccc(C(F)(F)F)c2)cc1. The molecule has 0 saturated heterocycles. The van der Waals surface area contributed by atoms with Crippen LogP contribution in [0, 0.1) is 0 Å². The molecule has 6 nitrogen and oxygen atoms in total. The van der Waals surface area contributed by atoms with Gasteiger partial charge in [-0.25, -0.2) is 0 Å². The highest BCUT2D eigenvalue weighted by molar-refractivity contribution is 5.94. The molecule has 9 heteroatoms. The molecule has 0 fully saturated rings. The first-order chi connectivity index (χ1) is 14.5. The summed E-state index contributed by atoms with van der Waals surface area (Å²) in [7, 11) is 3.93. The summed E-state index contributed by atoms with van der Waals surface area (Å²) in [5, 5.41) is 5.28. The Hall–Kier alpha value is -3.07. The molecule has 168 valence electrons. The Morgan fingerprint density at radius 2 is 1.77 bits per heavy atom. The van der Waals surface area contributed by atoms with E-state index in [1.165, 1.54) is 12.1 Å². The molecule has 0 bridgehead atoms. The van der Waals surface area contributed by atoms with Gasteiger partial charge in [-0.05, 0) is 76.4 Å². The van der Waals surface area contributed by atoms with Crippen molar-refractivity contribution in [3.8, 4) is 5.75 Å². The maximum absolute atomic E-state index is 12.7. The Labute approximate surface area is 179 Å².